The van der Waals surface area contributed by atoms with Crippen molar-refractivity contribution < 1.29 is 19.1 Å². The molecule has 0 unspecified atom stereocenters. The normalized spacial score (nSPS) is 11.7. The Bertz CT molecular complexity index is 966. The van der Waals surface area contributed by atoms with E-state index in [0.29, 0.717) is 22.9 Å². The molecule has 8 heteroatoms. The molecule has 3 rings (SSSR count). The number of imidazole rings is 1. The van der Waals surface area contributed by atoms with Crippen LogP contribution in [0.2, 0.25) is 0 Å². The molecule has 0 aliphatic heterocycles. The number of hydrogen-bond donors (Lipinski definition) is 3. The number of nitrogens with one attached hydrogen (secondary N) is 3. The van der Waals surface area contributed by atoms with E-state index in [4.69, 9.17) is 9.47 Å². The fourth-order valence-electron chi connectivity index (χ4n) is 2.78. The number of hydrogen-bond acceptors (Lipinski definition) is 5. The van der Waals surface area contributed by atoms with Gasteiger partial charge in [-0.2, -0.15) is 0 Å². The maximum absolute atomic E-state index is 12.3. The summed E-state index contributed by atoms with van der Waals surface area (Å²) in [6, 6.07) is 12.1. The van der Waals surface area contributed by atoms with Crippen LogP contribution in [0.5, 0.6) is 11.5 Å². The van der Waals surface area contributed by atoms with E-state index in [2.05, 4.69) is 20.6 Å². The van der Waals surface area contributed by atoms with E-state index in [9.17, 15) is 9.59 Å². The van der Waals surface area contributed by atoms with Gasteiger partial charge in [0.05, 0.1) is 37.8 Å². The standard InChI is InChI=1S/C20H22N4O4/c1-12(19-23-14-6-4-5-7-15(14)24-19)22-18(25)11-21-20(26)13-8-9-16(27-2)17(10-13)28-3/h4-10,12H,11H2,1-3H3,(H,21,26)(H,22,25)(H,23,24)/t12-/m0/s1. The first-order valence-corrected chi connectivity index (χ1v) is 8.76. The van der Waals surface area contributed by atoms with Gasteiger partial charge in [0.15, 0.2) is 11.5 Å². The Morgan fingerprint density at radius 1 is 1.11 bits per heavy atom. The first-order chi connectivity index (χ1) is 13.5. The van der Waals surface area contributed by atoms with Crippen molar-refractivity contribution in [2.45, 2.75) is 13.0 Å². The van der Waals surface area contributed by atoms with Crippen LogP contribution >= 0.6 is 0 Å². The first-order valence-electron chi connectivity index (χ1n) is 8.76. The van der Waals surface area contributed by atoms with Crippen molar-refractivity contribution in [3.63, 3.8) is 0 Å². The molecular formula is C20H22N4O4. The third-order valence-electron chi connectivity index (χ3n) is 4.25. The van der Waals surface area contributed by atoms with Crippen molar-refractivity contribution in [3.8, 4) is 11.5 Å². The predicted molar refractivity (Wildman–Crippen MR) is 105 cm³/mol. The summed E-state index contributed by atoms with van der Waals surface area (Å²) in [7, 11) is 3.01. The van der Waals surface area contributed by atoms with Gasteiger partial charge < -0.3 is 25.1 Å². The highest BCUT2D eigenvalue weighted by Crippen LogP contribution is 2.27. The molecule has 1 atom stereocenters. The van der Waals surface area contributed by atoms with E-state index in [1.165, 1.54) is 14.2 Å². The van der Waals surface area contributed by atoms with Crippen molar-refractivity contribution in [1.82, 2.24) is 20.6 Å². The zero-order chi connectivity index (χ0) is 20.1. The molecule has 28 heavy (non-hydrogen) atoms. The van der Waals surface area contributed by atoms with Gasteiger partial charge in [0, 0.05) is 5.56 Å². The van der Waals surface area contributed by atoms with Gasteiger partial charge in [-0.15, -0.1) is 0 Å². The third kappa shape index (κ3) is 4.22. The number of aromatic nitrogens is 2. The lowest BCUT2D eigenvalue weighted by molar-refractivity contribution is -0.120. The van der Waals surface area contributed by atoms with E-state index in [-0.39, 0.29) is 24.4 Å². The van der Waals surface area contributed by atoms with Crippen molar-refractivity contribution >= 4 is 22.8 Å². The monoisotopic (exact) mass is 382 g/mol. The molecule has 0 fully saturated rings. The summed E-state index contributed by atoms with van der Waals surface area (Å²) >= 11 is 0. The highest BCUT2D eigenvalue weighted by molar-refractivity contribution is 5.97. The van der Waals surface area contributed by atoms with Crippen molar-refractivity contribution in [1.29, 1.82) is 0 Å². The Kier molecular flexibility index (Phi) is 5.78. The van der Waals surface area contributed by atoms with Gasteiger partial charge in [-0.05, 0) is 37.3 Å². The minimum Gasteiger partial charge on any atom is -0.493 e. The number of ether oxygens (including phenoxy) is 2. The Balaban J connectivity index is 1.56. The molecule has 0 saturated carbocycles. The van der Waals surface area contributed by atoms with Crippen LogP contribution in [-0.4, -0.2) is 42.5 Å². The Morgan fingerprint density at radius 2 is 1.86 bits per heavy atom. The summed E-state index contributed by atoms with van der Waals surface area (Å²) in [6.45, 7) is 1.67. The maximum Gasteiger partial charge on any atom is 0.251 e. The number of carbonyl (C=O) groups excluding carboxylic acids is 2. The number of aromatic amines is 1. The van der Waals surface area contributed by atoms with Crippen LogP contribution in [0.3, 0.4) is 0 Å². The minimum absolute atomic E-state index is 0.155. The van der Waals surface area contributed by atoms with Gasteiger partial charge in [0.25, 0.3) is 5.91 Å². The smallest absolute Gasteiger partial charge is 0.251 e. The molecule has 8 nitrogen and oxygen atoms in total. The van der Waals surface area contributed by atoms with Gasteiger partial charge >= 0.3 is 0 Å². The van der Waals surface area contributed by atoms with Crippen LogP contribution in [0, 0.1) is 0 Å². The first kappa shape index (κ1) is 19.2. The van der Waals surface area contributed by atoms with Crippen molar-refractivity contribution in [2.75, 3.05) is 20.8 Å². The van der Waals surface area contributed by atoms with Gasteiger partial charge in [-0.3, -0.25) is 9.59 Å². The van der Waals surface area contributed by atoms with Crippen LogP contribution in [0.1, 0.15) is 29.1 Å². The molecule has 0 spiro atoms. The number of rotatable bonds is 7. The molecular weight excluding hydrogens is 360 g/mol. The summed E-state index contributed by atoms with van der Waals surface area (Å²) in [6.07, 6.45) is 0. The number of benzene rings is 2. The van der Waals surface area contributed by atoms with Gasteiger partial charge in [-0.1, -0.05) is 12.1 Å². The molecule has 0 radical (unpaired) electrons. The average molecular weight is 382 g/mol. The summed E-state index contributed by atoms with van der Waals surface area (Å²) in [5.74, 6) is 0.921. The molecule has 0 aliphatic carbocycles. The molecule has 1 heterocycles. The quantitative estimate of drug-likeness (QED) is 0.581. The van der Waals surface area contributed by atoms with E-state index >= 15 is 0 Å². The second-order valence-corrected chi connectivity index (χ2v) is 6.18. The van der Waals surface area contributed by atoms with E-state index < -0.39 is 0 Å². The molecule has 2 aromatic carbocycles. The second kappa shape index (κ2) is 8.43. The highest BCUT2D eigenvalue weighted by atomic mass is 16.5. The molecule has 2 amide bonds. The zero-order valence-electron chi connectivity index (χ0n) is 15.9. The Morgan fingerprint density at radius 3 is 2.57 bits per heavy atom. The van der Waals surface area contributed by atoms with Crippen LogP contribution in [0.25, 0.3) is 11.0 Å². The lowest BCUT2D eigenvalue weighted by Gasteiger charge is -2.13. The fraction of sp³-hybridized carbons (Fsp3) is 0.250. The summed E-state index contributed by atoms with van der Waals surface area (Å²) in [5, 5.41) is 5.41. The Hall–Kier alpha value is -3.55. The molecule has 3 N–H and O–H groups in total. The van der Waals surface area contributed by atoms with Crippen molar-refractivity contribution in [2.24, 2.45) is 0 Å². The van der Waals surface area contributed by atoms with Gasteiger partial charge in [-0.25, -0.2) is 4.98 Å². The maximum atomic E-state index is 12.3. The summed E-state index contributed by atoms with van der Waals surface area (Å²) in [5.41, 5.74) is 2.11. The van der Waals surface area contributed by atoms with E-state index in [1.807, 2.05) is 31.2 Å². The molecule has 1 aromatic heterocycles. The number of fused-ring (bicyclic) bond motifs is 1. The number of methoxy groups -OCH3 is 2. The molecule has 146 valence electrons. The van der Waals surface area contributed by atoms with E-state index in [0.717, 1.165) is 11.0 Å². The summed E-state index contributed by atoms with van der Waals surface area (Å²) in [4.78, 5) is 32.1. The predicted octanol–water partition coefficient (Wildman–Crippen LogP) is 2.19. The van der Waals surface area contributed by atoms with Crippen LogP contribution in [-0.2, 0) is 4.79 Å². The van der Waals surface area contributed by atoms with Crippen LogP contribution < -0.4 is 20.1 Å². The fourth-order valence-corrected chi connectivity index (χ4v) is 2.78. The number of nitrogens with zero attached hydrogens (tertiary/aromatic N) is 1. The molecule has 0 saturated heterocycles. The number of amides is 2. The summed E-state index contributed by atoms with van der Waals surface area (Å²) < 4.78 is 10.3. The lowest BCUT2D eigenvalue weighted by Crippen LogP contribution is -2.38. The Labute approximate surface area is 162 Å². The molecule has 0 aliphatic rings. The topological polar surface area (TPSA) is 105 Å². The minimum atomic E-state index is -0.382. The van der Waals surface area contributed by atoms with Crippen molar-refractivity contribution in [3.05, 3.63) is 53.9 Å². The largest absolute Gasteiger partial charge is 0.493 e. The number of H-pyrrole nitrogens is 1. The van der Waals surface area contributed by atoms with Crippen LogP contribution in [0.15, 0.2) is 42.5 Å². The lowest BCUT2D eigenvalue weighted by atomic mass is 10.2. The SMILES string of the molecule is COc1ccc(C(=O)NCC(=O)N[C@@H](C)c2nc3ccccc3[nH]2)cc1OC. The number of carbonyl (C=O) groups is 2. The van der Waals surface area contributed by atoms with Crippen LogP contribution in [0.4, 0.5) is 0 Å². The number of para-hydroxylation sites is 2. The molecule has 0 bridgehead atoms. The highest BCUT2D eigenvalue weighted by Gasteiger charge is 2.15. The third-order valence-corrected chi connectivity index (χ3v) is 4.25. The average Bonchev–Trinajstić information content (AvgIpc) is 3.16. The van der Waals surface area contributed by atoms with Gasteiger partial charge in [0.1, 0.15) is 5.82 Å². The second-order valence-electron chi connectivity index (χ2n) is 6.18. The zero-order valence-corrected chi connectivity index (χ0v) is 15.9. The molecule has 3 aromatic rings. The van der Waals surface area contributed by atoms with Gasteiger partial charge in [0.2, 0.25) is 5.91 Å². The van der Waals surface area contributed by atoms with E-state index in [1.54, 1.807) is 18.2 Å².